The average Bonchev–Trinajstić information content (AvgIpc) is 3.23. The first-order valence-electron chi connectivity index (χ1n) is 11.7. The lowest BCUT2D eigenvalue weighted by atomic mass is 10.0. The van der Waals surface area contributed by atoms with Gasteiger partial charge in [0.25, 0.3) is 5.91 Å². The summed E-state index contributed by atoms with van der Waals surface area (Å²) in [7, 11) is 4.66. The van der Waals surface area contributed by atoms with Crippen LogP contribution in [0.1, 0.15) is 40.9 Å². The van der Waals surface area contributed by atoms with Crippen LogP contribution in [0, 0.1) is 0 Å². The van der Waals surface area contributed by atoms with E-state index in [1.165, 1.54) is 7.11 Å². The number of carbonyl (C=O) groups is 2. The molecular weight excluding hydrogens is 460 g/mol. The molecule has 36 heavy (non-hydrogen) atoms. The molecule has 1 aliphatic rings. The molecule has 0 saturated carbocycles. The molecule has 0 bridgehead atoms. The Morgan fingerprint density at radius 3 is 2.31 bits per heavy atom. The number of rotatable bonds is 10. The maximum atomic E-state index is 13.3. The van der Waals surface area contributed by atoms with Crippen molar-refractivity contribution >= 4 is 17.5 Å². The lowest BCUT2D eigenvalue weighted by Crippen LogP contribution is -2.32. The first-order valence-corrected chi connectivity index (χ1v) is 11.7. The van der Waals surface area contributed by atoms with Crippen molar-refractivity contribution in [2.24, 2.45) is 0 Å². The van der Waals surface area contributed by atoms with E-state index in [0.717, 1.165) is 11.1 Å². The maximum absolute atomic E-state index is 13.3. The number of anilines is 1. The van der Waals surface area contributed by atoms with E-state index >= 15 is 0 Å². The van der Waals surface area contributed by atoms with Gasteiger partial charge in [-0.1, -0.05) is 24.3 Å². The molecule has 0 saturated heterocycles. The van der Waals surface area contributed by atoms with Crippen LogP contribution in [0.3, 0.4) is 0 Å². The minimum Gasteiger partial charge on any atom is -0.493 e. The van der Waals surface area contributed by atoms with Crippen molar-refractivity contribution in [2.45, 2.75) is 25.9 Å². The Morgan fingerprint density at radius 2 is 1.61 bits per heavy atom. The quantitative estimate of drug-likeness (QED) is 0.438. The van der Waals surface area contributed by atoms with Crippen molar-refractivity contribution in [3.63, 3.8) is 0 Å². The predicted octanol–water partition coefficient (Wildman–Crippen LogP) is 4.84. The van der Waals surface area contributed by atoms with E-state index in [0.29, 0.717) is 47.4 Å². The van der Waals surface area contributed by atoms with Crippen molar-refractivity contribution in [2.75, 3.05) is 33.3 Å². The normalized spacial score (nSPS) is 13.1. The van der Waals surface area contributed by atoms with E-state index in [1.54, 1.807) is 37.3 Å². The van der Waals surface area contributed by atoms with Crippen molar-refractivity contribution in [3.8, 4) is 23.0 Å². The van der Waals surface area contributed by atoms with Crippen LogP contribution in [0.4, 0.5) is 5.69 Å². The van der Waals surface area contributed by atoms with Crippen LogP contribution in [0.2, 0.25) is 0 Å². The molecule has 2 amide bonds. The topological polar surface area (TPSA) is 86.3 Å². The third-order valence-electron chi connectivity index (χ3n) is 6.14. The predicted molar refractivity (Wildman–Crippen MR) is 136 cm³/mol. The summed E-state index contributed by atoms with van der Waals surface area (Å²) in [5.74, 6) is 1.87. The van der Waals surface area contributed by atoms with E-state index in [2.05, 4.69) is 5.32 Å². The second-order valence-electron chi connectivity index (χ2n) is 8.27. The van der Waals surface area contributed by atoms with Crippen molar-refractivity contribution in [3.05, 3.63) is 77.4 Å². The minimum absolute atomic E-state index is 0.0468. The second kappa shape index (κ2) is 11.0. The summed E-state index contributed by atoms with van der Waals surface area (Å²) in [6, 6.07) is 17.7. The van der Waals surface area contributed by atoms with Crippen molar-refractivity contribution in [1.82, 2.24) is 4.90 Å². The molecular formula is C28H30N2O6. The molecule has 188 valence electrons. The summed E-state index contributed by atoms with van der Waals surface area (Å²) in [6.07, 6.45) is 0.0468. The monoisotopic (exact) mass is 490 g/mol. The van der Waals surface area contributed by atoms with Crippen LogP contribution in [-0.2, 0) is 11.3 Å². The molecule has 1 N–H and O–H groups in total. The number of nitrogens with one attached hydrogen (secondary N) is 1. The van der Waals surface area contributed by atoms with Crippen LogP contribution >= 0.6 is 0 Å². The van der Waals surface area contributed by atoms with Gasteiger partial charge in [0.1, 0.15) is 0 Å². The first kappa shape index (κ1) is 24.9. The average molecular weight is 491 g/mol. The molecule has 3 aromatic rings. The third kappa shape index (κ3) is 5.07. The fourth-order valence-electron chi connectivity index (χ4n) is 4.40. The number of ether oxygens (including phenoxy) is 4. The fourth-order valence-corrected chi connectivity index (χ4v) is 4.40. The highest BCUT2D eigenvalue weighted by molar-refractivity contribution is 5.99. The van der Waals surface area contributed by atoms with E-state index < -0.39 is 6.04 Å². The summed E-state index contributed by atoms with van der Waals surface area (Å²) in [5, 5.41) is 2.92. The molecule has 0 fully saturated rings. The summed E-state index contributed by atoms with van der Waals surface area (Å²) in [4.78, 5) is 28.3. The maximum Gasteiger partial charge on any atom is 0.255 e. The number of fused-ring (bicyclic) bond motifs is 1. The highest BCUT2D eigenvalue weighted by Gasteiger charge is 2.35. The molecule has 8 heteroatoms. The Morgan fingerprint density at radius 1 is 0.917 bits per heavy atom. The van der Waals surface area contributed by atoms with Crippen LogP contribution < -0.4 is 24.3 Å². The zero-order valence-electron chi connectivity index (χ0n) is 20.9. The molecule has 1 heterocycles. The Labute approximate surface area is 210 Å². The molecule has 4 rings (SSSR count). The van der Waals surface area contributed by atoms with Gasteiger partial charge >= 0.3 is 0 Å². The number of carbonyl (C=O) groups excluding carboxylic acids is 2. The zero-order valence-corrected chi connectivity index (χ0v) is 20.9. The lowest BCUT2D eigenvalue weighted by Gasteiger charge is -2.28. The van der Waals surface area contributed by atoms with Gasteiger partial charge in [0, 0.05) is 23.9 Å². The number of hydrogen-bond donors (Lipinski definition) is 1. The second-order valence-corrected chi connectivity index (χ2v) is 8.27. The molecule has 1 atom stereocenters. The molecule has 0 aromatic heterocycles. The molecule has 3 aromatic carbocycles. The van der Waals surface area contributed by atoms with Crippen LogP contribution in [-0.4, -0.2) is 44.7 Å². The summed E-state index contributed by atoms with van der Waals surface area (Å²) in [5.41, 5.74) is 2.93. The molecule has 0 aliphatic carbocycles. The van der Waals surface area contributed by atoms with E-state index in [-0.39, 0.29) is 18.2 Å². The number of methoxy groups -OCH3 is 3. The van der Waals surface area contributed by atoms with Gasteiger partial charge < -0.3 is 29.2 Å². The summed E-state index contributed by atoms with van der Waals surface area (Å²) in [6.45, 7) is 2.81. The van der Waals surface area contributed by atoms with E-state index in [4.69, 9.17) is 18.9 Å². The fraction of sp³-hybridized carbons (Fsp3) is 0.286. The highest BCUT2D eigenvalue weighted by atomic mass is 16.5. The third-order valence-corrected chi connectivity index (χ3v) is 6.14. The van der Waals surface area contributed by atoms with E-state index in [9.17, 15) is 9.59 Å². The summed E-state index contributed by atoms with van der Waals surface area (Å²) >= 11 is 0. The van der Waals surface area contributed by atoms with Gasteiger partial charge in [-0.25, -0.2) is 0 Å². The number of benzene rings is 3. The number of nitrogens with zero attached hydrogens (tertiary/aromatic N) is 1. The standard InChI is InChI=1S/C28H30N2O6/c1-5-36-24-12-10-18(14-25(24)34-3)22(30-17-19-8-6-7-9-21(19)28(30)32)16-27(31)29-20-11-13-23(33-2)26(15-20)35-4/h6-15,22H,5,16-17H2,1-4H3,(H,29,31)/t22-/m0/s1. The van der Waals surface area contributed by atoms with Crippen molar-refractivity contribution < 1.29 is 28.5 Å². The molecule has 0 radical (unpaired) electrons. The smallest absolute Gasteiger partial charge is 0.255 e. The molecule has 0 spiro atoms. The van der Waals surface area contributed by atoms with Crippen LogP contribution in [0.25, 0.3) is 0 Å². The summed E-state index contributed by atoms with van der Waals surface area (Å²) < 4.78 is 21.8. The van der Waals surface area contributed by atoms with Gasteiger partial charge in [0.2, 0.25) is 5.91 Å². The van der Waals surface area contributed by atoms with Gasteiger partial charge in [-0.2, -0.15) is 0 Å². The highest BCUT2D eigenvalue weighted by Crippen LogP contribution is 2.38. The molecule has 1 aliphatic heterocycles. The zero-order chi connectivity index (χ0) is 25.7. The Bertz CT molecular complexity index is 1260. The Hall–Kier alpha value is -4.20. The number of hydrogen-bond acceptors (Lipinski definition) is 6. The van der Waals surface area contributed by atoms with Crippen molar-refractivity contribution in [1.29, 1.82) is 0 Å². The Kier molecular flexibility index (Phi) is 7.63. The Balaban J connectivity index is 1.64. The van der Waals surface area contributed by atoms with Gasteiger partial charge in [-0.05, 0) is 48.4 Å². The van der Waals surface area contributed by atoms with Gasteiger partial charge in [0.15, 0.2) is 23.0 Å². The van der Waals surface area contributed by atoms with Gasteiger partial charge in [-0.15, -0.1) is 0 Å². The molecule has 0 unspecified atom stereocenters. The van der Waals surface area contributed by atoms with E-state index in [1.807, 2.05) is 49.4 Å². The first-order chi connectivity index (χ1) is 17.5. The largest absolute Gasteiger partial charge is 0.493 e. The lowest BCUT2D eigenvalue weighted by molar-refractivity contribution is -0.117. The SMILES string of the molecule is CCOc1ccc([C@H](CC(=O)Nc2ccc(OC)c(OC)c2)N2Cc3ccccc3C2=O)cc1OC. The van der Waals surface area contributed by atoms with Crippen LogP contribution in [0.15, 0.2) is 60.7 Å². The minimum atomic E-state index is -0.519. The van der Waals surface area contributed by atoms with Gasteiger partial charge in [0.05, 0.1) is 40.4 Å². The molecule has 8 nitrogen and oxygen atoms in total. The van der Waals surface area contributed by atoms with Crippen LogP contribution in [0.5, 0.6) is 23.0 Å². The van der Waals surface area contributed by atoms with Gasteiger partial charge in [-0.3, -0.25) is 9.59 Å². The number of amides is 2.